The Kier molecular flexibility index (Phi) is 5.84. The van der Waals surface area contributed by atoms with Crippen LogP contribution in [0.5, 0.6) is 0 Å². The van der Waals surface area contributed by atoms with Gasteiger partial charge in [-0.15, -0.1) is 0 Å². The monoisotopic (exact) mass is 383 g/mol. The van der Waals surface area contributed by atoms with Gasteiger partial charge in [-0.1, -0.05) is 41.9 Å². The number of halogens is 2. The van der Waals surface area contributed by atoms with Gasteiger partial charge in [-0.25, -0.2) is 9.18 Å². The first-order valence-electron chi connectivity index (χ1n) is 8.10. The summed E-state index contributed by atoms with van der Waals surface area (Å²) in [6.45, 7) is -0.0502. The highest BCUT2D eigenvalue weighted by Crippen LogP contribution is 2.17. The zero-order valence-electron chi connectivity index (χ0n) is 14.1. The van der Waals surface area contributed by atoms with Crippen LogP contribution in [-0.4, -0.2) is 11.9 Å². The van der Waals surface area contributed by atoms with Crippen molar-refractivity contribution in [1.29, 1.82) is 0 Å². The number of benzene rings is 3. The predicted octanol–water partition coefficient (Wildman–Crippen LogP) is 5.09. The molecule has 3 rings (SSSR count). The van der Waals surface area contributed by atoms with E-state index < -0.39 is 11.8 Å². The van der Waals surface area contributed by atoms with E-state index in [1.54, 1.807) is 36.4 Å². The number of anilines is 1. The molecule has 0 saturated carbocycles. The lowest BCUT2D eigenvalue weighted by Gasteiger charge is -2.08. The highest BCUT2D eigenvalue weighted by molar-refractivity contribution is 6.30. The molecule has 0 bridgehead atoms. The smallest absolute Gasteiger partial charge is 0.341 e. The number of carbonyl (C=O) groups excluding carboxylic acids is 2. The molecular formula is C21H15ClFNO3. The van der Waals surface area contributed by atoms with Crippen LogP contribution in [0.15, 0.2) is 72.8 Å². The first kappa shape index (κ1) is 18.6. The minimum atomic E-state index is -0.805. The molecule has 0 unspecified atom stereocenters. The first-order valence-corrected chi connectivity index (χ1v) is 8.48. The molecule has 0 saturated heterocycles. The SMILES string of the molecule is O=C(Nc1ccccc1)c1ccc(COC(=O)c2cc(Cl)ccc2F)cc1. The number of para-hydroxylation sites is 1. The normalized spacial score (nSPS) is 10.3. The van der Waals surface area contributed by atoms with Crippen LogP contribution in [0, 0.1) is 5.82 Å². The Labute approximate surface area is 160 Å². The van der Waals surface area contributed by atoms with Gasteiger partial charge in [-0.2, -0.15) is 0 Å². The second kappa shape index (κ2) is 8.47. The van der Waals surface area contributed by atoms with Gasteiger partial charge in [0.2, 0.25) is 0 Å². The maximum atomic E-state index is 13.7. The van der Waals surface area contributed by atoms with Crippen molar-refractivity contribution in [2.75, 3.05) is 5.32 Å². The van der Waals surface area contributed by atoms with Crippen molar-refractivity contribution in [2.24, 2.45) is 0 Å². The van der Waals surface area contributed by atoms with Gasteiger partial charge < -0.3 is 10.1 Å². The lowest BCUT2D eigenvalue weighted by atomic mass is 10.1. The molecule has 0 heterocycles. The molecule has 0 fully saturated rings. The molecular weight excluding hydrogens is 369 g/mol. The molecule has 136 valence electrons. The van der Waals surface area contributed by atoms with Gasteiger partial charge in [-0.05, 0) is 48.0 Å². The van der Waals surface area contributed by atoms with E-state index >= 15 is 0 Å². The molecule has 0 atom stereocenters. The molecule has 27 heavy (non-hydrogen) atoms. The summed E-state index contributed by atoms with van der Waals surface area (Å²) in [5.41, 5.74) is 1.61. The molecule has 3 aromatic rings. The third-order valence-electron chi connectivity index (χ3n) is 3.77. The molecule has 6 heteroatoms. The predicted molar refractivity (Wildman–Crippen MR) is 101 cm³/mol. The van der Waals surface area contributed by atoms with Gasteiger partial charge in [0, 0.05) is 16.3 Å². The summed E-state index contributed by atoms with van der Waals surface area (Å²) in [5, 5.41) is 3.03. The lowest BCUT2D eigenvalue weighted by Crippen LogP contribution is -2.12. The average Bonchev–Trinajstić information content (AvgIpc) is 2.69. The fourth-order valence-electron chi connectivity index (χ4n) is 2.36. The van der Waals surface area contributed by atoms with Crippen molar-refractivity contribution in [1.82, 2.24) is 0 Å². The van der Waals surface area contributed by atoms with E-state index in [1.165, 1.54) is 12.1 Å². The number of hydrogen-bond acceptors (Lipinski definition) is 3. The first-order chi connectivity index (χ1) is 13.0. The summed E-state index contributed by atoms with van der Waals surface area (Å²) >= 11 is 5.77. The molecule has 0 aliphatic carbocycles. The summed E-state index contributed by atoms with van der Waals surface area (Å²) in [6, 6.07) is 19.4. The molecule has 0 spiro atoms. The van der Waals surface area contributed by atoms with Gasteiger partial charge >= 0.3 is 5.97 Å². The molecule has 0 aromatic heterocycles. The molecule has 4 nitrogen and oxygen atoms in total. The summed E-state index contributed by atoms with van der Waals surface area (Å²) in [6.07, 6.45) is 0. The van der Waals surface area contributed by atoms with Crippen molar-refractivity contribution in [3.05, 3.63) is 100 Å². The van der Waals surface area contributed by atoms with E-state index in [4.69, 9.17) is 16.3 Å². The maximum absolute atomic E-state index is 13.7. The minimum Gasteiger partial charge on any atom is -0.457 e. The van der Waals surface area contributed by atoms with Gasteiger partial charge in [0.15, 0.2) is 0 Å². The zero-order valence-corrected chi connectivity index (χ0v) is 14.9. The van der Waals surface area contributed by atoms with Crippen molar-refractivity contribution in [3.63, 3.8) is 0 Å². The Morgan fingerprint density at radius 2 is 1.67 bits per heavy atom. The van der Waals surface area contributed by atoms with E-state index in [0.717, 1.165) is 6.07 Å². The minimum absolute atomic E-state index is 0.0502. The van der Waals surface area contributed by atoms with E-state index in [9.17, 15) is 14.0 Å². The summed E-state index contributed by atoms with van der Waals surface area (Å²) in [5.74, 6) is -1.75. The second-order valence-corrected chi connectivity index (χ2v) is 6.15. The number of carbonyl (C=O) groups is 2. The highest BCUT2D eigenvalue weighted by atomic mass is 35.5. The number of amides is 1. The topological polar surface area (TPSA) is 55.4 Å². The van der Waals surface area contributed by atoms with E-state index in [2.05, 4.69) is 5.32 Å². The average molecular weight is 384 g/mol. The van der Waals surface area contributed by atoms with Crippen LogP contribution in [0.1, 0.15) is 26.3 Å². The maximum Gasteiger partial charge on any atom is 0.341 e. The van der Waals surface area contributed by atoms with Crippen LogP contribution in [0.4, 0.5) is 10.1 Å². The molecule has 0 aliphatic rings. The number of rotatable bonds is 5. The Hall–Kier alpha value is -3.18. The number of hydrogen-bond donors (Lipinski definition) is 1. The Balaban J connectivity index is 1.60. The van der Waals surface area contributed by atoms with Crippen LogP contribution >= 0.6 is 11.6 Å². The third-order valence-corrected chi connectivity index (χ3v) is 4.00. The highest BCUT2D eigenvalue weighted by Gasteiger charge is 2.14. The van der Waals surface area contributed by atoms with Gasteiger partial charge in [-0.3, -0.25) is 4.79 Å². The second-order valence-electron chi connectivity index (χ2n) is 5.72. The van der Waals surface area contributed by atoms with Crippen molar-refractivity contribution < 1.29 is 18.7 Å². The number of esters is 1. The Morgan fingerprint density at radius 1 is 0.963 bits per heavy atom. The fourth-order valence-corrected chi connectivity index (χ4v) is 2.53. The van der Waals surface area contributed by atoms with Crippen LogP contribution < -0.4 is 5.32 Å². The largest absolute Gasteiger partial charge is 0.457 e. The summed E-state index contributed by atoms with van der Waals surface area (Å²) in [7, 11) is 0. The van der Waals surface area contributed by atoms with E-state index in [-0.39, 0.29) is 23.1 Å². The quantitative estimate of drug-likeness (QED) is 0.624. The van der Waals surface area contributed by atoms with Gasteiger partial charge in [0.25, 0.3) is 5.91 Å². The lowest BCUT2D eigenvalue weighted by molar-refractivity contribution is 0.0467. The molecule has 3 aromatic carbocycles. The molecule has 0 radical (unpaired) electrons. The Bertz CT molecular complexity index is 959. The van der Waals surface area contributed by atoms with Crippen molar-refractivity contribution >= 4 is 29.2 Å². The Morgan fingerprint density at radius 3 is 2.37 bits per heavy atom. The molecule has 0 aliphatic heterocycles. The molecule has 1 amide bonds. The fraction of sp³-hybridized carbons (Fsp3) is 0.0476. The van der Waals surface area contributed by atoms with Crippen molar-refractivity contribution in [2.45, 2.75) is 6.61 Å². The van der Waals surface area contributed by atoms with Gasteiger partial charge in [0.1, 0.15) is 12.4 Å². The van der Waals surface area contributed by atoms with Crippen LogP contribution in [0.2, 0.25) is 5.02 Å². The standard InChI is InChI=1S/C21H15ClFNO3/c22-16-10-11-19(23)18(12-16)21(26)27-13-14-6-8-15(9-7-14)20(25)24-17-4-2-1-3-5-17/h1-12H,13H2,(H,24,25). The number of ether oxygens (including phenoxy) is 1. The van der Waals surface area contributed by atoms with Crippen molar-refractivity contribution in [3.8, 4) is 0 Å². The van der Waals surface area contributed by atoms with E-state index in [1.807, 2.05) is 18.2 Å². The van der Waals surface area contributed by atoms with Crippen LogP contribution in [0.25, 0.3) is 0 Å². The number of nitrogens with one attached hydrogen (secondary N) is 1. The van der Waals surface area contributed by atoms with E-state index in [0.29, 0.717) is 16.8 Å². The third kappa shape index (κ3) is 4.92. The zero-order chi connectivity index (χ0) is 19.2. The van der Waals surface area contributed by atoms with Crippen LogP contribution in [-0.2, 0) is 11.3 Å². The summed E-state index contributed by atoms with van der Waals surface area (Å²) < 4.78 is 18.8. The van der Waals surface area contributed by atoms with Gasteiger partial charge in [0.05, 0.1) is 5.56 Å². The van der Waals surface area contributed by atoms with Crippen LogP contribution in [0.3, 0.4) is 0 Å². The molecule has 1 N–H and O–H groups in total. The summed E-state index contributed by atoms with van der Waals surface area (Å²) in [4.78, 5) is 24.2.